The third-order valence-corrected chi connectivity index (χ3v) is 5.15. The van der Waals surface area contributed by atoms with E-state index in [-0.39, 0.29) is 5.91 Å². The van der Waals surface area contributed by atoms with Gasteiger partial charge in [-0.15, -0.1) is 0 Å². The quantitative estimate of drug-likeness (QED) is 0.656. The fourth-order valence-electron chi connectivity index (χ4n) is 2.92. The lowest BCUT2D eigenvalue weighted by Gasteiger charge is -2.13. The molecule has 23 heavy (non-hydrogen) atoms. The number of carbonyl (C=O) groups is 1. The number of benzene rings is 1. The first-order chi connectivity index (χ1) is 10.9. The van der Waals surface area contributed by atoms with Crippen molar-refractivity contribution in [2.75, 3.05) is 0 Å². The van der Waals surface area contributed by atoms with Crippen LogP contribution in [-0.4, -0.2) is 14.8 Å². The van der Waals surface area contributed by atoms with Gasteiger partial charge in [0.15, 0.2) is 0 Å². The van der Waals surface area contributed by atoms with E-state index in [1.807, 2.05) is 6.08 Å². The topological polar surface area (TPSA) is 34.0 Å². The van der Waals surface area contributed by atoms with Crippen molar-refractivity contribution in [1.29, 1.82) is 0 Å². The molecule has 5 heteroatoms. The van der Waals surface area contributed by atoms with Gasteiger partial charge < -0.3 is 9.88 Å². The number of carbonyl (C=O) groups excluding carboxylic acids is 1. The van der Waals surface area contributed by atoms with Gasteiger partial charge in [-0.25, -0.2) is 0 Å². The normalized spacial score (nSPS) is 16.3. The molecule has 0 atom stereocenters. The minimum atomic E-state index is -0.115. The Balaban J connectivity index is 2.08. The van der Waals surface area contributed by atoms with Gasteiger partial charge in [0.1, 0.15) is 4.32 Å². The van der Waals surface area contributed by atoms with Crippen LogP contribution in [0.5, 0.6) is 0 Å². The maximum Gasteiger partial charge on any atom is 0.263 e. The Kier molecular flexibility index (Phi) is 4.17. The highest BCUT2D eigenvalue weighted by Crippen LogP contribution is 2.30. The molecule has 0 radical (unpaired) electrons. The third kappa shape index (κ3) is 2.99. The zero-order valence-corrected chi connectivity index (χ0v) is 15.2. The maximum atomic E-state index is 11.9. The Hall–Kier alpha value is -1.85. The number of aryl methyl sites for hydroxylation is 3. The molecular weight excluding hydrogens is 324 g/mol. The third-order valence-electron chi connectivity index (χ3n) is 3.99. The van der Waals surface area contributed by atoms with Crippen LogP contribution in [-0.2, 0) is 4.79 Å². The minimum Gasteiger partial charge on any atom is -0.318 e. The molecule has 3 nitrogen and oxygen atoms in total. The summed E-state index contributed by atoms with van der Waals surface area (Å²) in [5, 5.41) is 2.66. The Labute approximate surface area is 145 Å². The summed E-state index contributed by atoms with van der Waals surface area (Å²) in [6, 6.07) is 8.56. The molecule has 2 aromatic rings. The fraction of sp³-hybridized carbons (Fsp3) is 0.222. The summed E-state index contributed by atoms with van der Waals surface area (Å²) in [5.74, 6) is -0.115. The fourth-order valence-corrected chi connectivity index (χ4v) is 3.96. The van der Waals surface area contributed by atoms with Crippen molar-refractivity contribution in [2.45, 2.75) is 27.7 Å². The largest absolute Gasteiger partial charge is 0.318 e. The first kappa shape index (κ1) is 16.0. The van der Waals surface area contributed by atoms with Crippen LogP contribution in [0.25, 0.3) is 11.8 Å². The molecule has 0 aliphatic carbocycles. The van der Waals surface area contributed by atoms with Crippen LogP contribution in [0.2, 0.25) is 0 Å². The van der Waals surface area contributed by atoms with Crippen molar-refractivity contribution >= 4 is 40.3 Å². The van der Waals surface area contributed by atoms with Crippen LogP contribution < -0.4 is 5.32 Å². The standard InChI is InChI=1S/C18H18N2OS2/c1-10-5-6-15(11(2)7-10)20-12(3)8-14(13(20)4)9-16-17(21)19-18(22)23-16/h5-9H,1-4H3,(H,19,21,22)/b16-9-. The van der Waals surface area contributed by atoms with Gasteiger partial charge in [-0.1, -0.05) is 41.7 Å². The molecule has 1 aliphatic rings. The van der Waals surface area contributed by atoms with Gasteiger partial charge in [0, 0.05) is 17.1 Å². The molecule has 2 heterocycles. The summed E-state index contributed by atoms with van der Waals surface area (Å²) >= 11 is 6.36. The number of rotatable bonds is 2. The summed E-state index contributed by atoms with van der Waals surface area (Å²) in [7, 11) is 0. The molecule has 0 spiro atoms. The summed E-state index contributed by atoms with van der Waals surface area (Å²) in [6.45, 7) is 8.38. The van der Waals surface area contributed by atoms with E-state index < -0.39 is 0 Å². The molecular formula is C18H18N2OS2. The van der Waals surface area contributed by atoms with Gasteiger partial charge in [-0.05, 0) is 57.0 Å². The second-order valence-electron chi connectivity index (χ2n) is 5.80. The predicted molar refractivity (Wildman–Crippen MR) is 101 cm³/mol. The van der Waals surface area contributed by atoms with Crippen molar-refractivity contribution < 1.29 is 4.79 Å². The number of amides is 1. The van der Waals surface area contributed by atoms with E-state index in [0.29, 0.717) is 9.23 Å². The van der Waals surface area contributed by atoms with Crippen molar-refractivity contribution in [3.63, 3.8) is 0 Å². The molecule has 1 aliphatic heterocycles. The zero-order chi connectivity index (χ0) is 16.7. The highest BCUT2D eigenvalue weighted by molar-refractivity contribution is 8.26. The second kappa shape index (κ2) is 5.98. The molecule has 118 valence electrons. The molecule has 1 saturated heterocycles. The van der Waals surface area contributed by atoms with Crippen LogP contribution >= 0.6 is 24.0 Å². The monoisotopic (exact) mass is 342 g/mol. The number of hydrogen-bond donors (Lipinski definition) is 1. The van der Waals surface area contributed by atoms with Crippen molar-refractivity contribution in [1.82, 2.24) is 9.88 Å². The Morgan fingerprint density at radius 1 is 1.17 bits per heavy atom. The average molecular weight is 342 g/mol. The van der Waals surface area contributed by atoms with Crippen LogP contribution in [0.3, 0.4) is 0 Å². The van der Waals surface area contributed by atoms with E-state index in [9.17, 15) is 4.79 Å². The average Bonchev–Trinajstić information content (AvgIpc) is 2.91. The Bertz CT molecular complexity index is 862. The van der Waals surface area contributed by atoms with Crippen LogP contribution in [0.15, 0.2) is 29.2 Å². The number of nitrogens with one attached hydrogen (secondary N) is 1. The maximum absolute atomic E-state index is 11.9. The molecule has 1 fully saturated rings. The lowest BCUT2D eigenvalue weighted by molar-refractivity contribution is -0.115. The van der Waals surface area contributed by atoms with Crippen LogP contribution in [0.1, 0.15) is 28.1 Å². The van der Waals surface area contributed by atoms with E-state index in [1.165, 1.54) is 28.6 Å². The van der Waals surface area contributed by atoms with Crippen molar-refractivity contribution in [3.05, 3.63) is 57.2 Å². The second-order valence-corrected chi connectivity index (χ2v) is 7.52. The van der Waals surface area contributed by atoms with Gasteiger partial charge in [-0.2, -0.15) is 0 Å². The first-order valence-electron chi connectivity index (χ1n) is 7.38. The molecule has 1 aromatic heterocycles. The molecule has 0 unspecified atom stereocenters. The molecule has 1 aromatic carbocycles. The summed E-state index contributed by atoms with van der Waals surface area (Å²) in [5.41, 5.74) is 6.98. The Morgan fingerprint density at radius 3 is 2.52 bits per heavy atom. The van der Waals surface area contributed by atoms with Crippen LogP contribution in [0.4, 0.5) is 0 Å². The predicted octanol–water partition coefficient (Wildman–Crippen LogP) is 4.20. The first-order valence-corrected chi connectivity index (χ1v) is 8.60. The summed E-state index contributed by atoms with van der Waals surface area (Å²) in [4.78, 5) is 12.5. The van der Waals surface area contributed by atoms with Gasteiger partial charge >= 0.3 is 0 Å². The van der Waals surface area contributed by atoms with E-state index in [4.69, 9.17) is 12.2 Å². The number of nitrogens with zero attached hydrogens (tertiary/aromatic N) is 1. The van der Waals surface area contributed by atoms with Crippen molar-refractivity contribution in [2.24, 2.45) is 0 Å². The smallest absolute Gasteiger partial charge is 0.263 e. The number of hydrogen-bond acceptors (Lipinski definition) is 3. The summed E-state index contributed by atoms with van der Waals surface area (Å²) in [6.07, 6.45) is 1.92. The lowest BCUT2D eigenvalue weighted by Crippen LogP contribution is -2.17. The van der Waals surface area contributed by atoms with Gasteiger partial charge in [0.25, 0.3) is 5.91 Å². The molecule has 0 bridgehead atoms. The number of aromatic nitrogens is 1. The molecule has 1 N–H and O–H groups in total. The molecule has 1 amide bonds. The molecule has 0 saturated carbocycles. The van der Waals surface area contributed by atoms with E-state index in [1.54, 1.807) is 0 Å². The van der Waals surface area contributed by atoms with Crippen LogP contribution in [0, 0.1) is 27.7 Å². The summed E-state index contributed by atoms with van der Waals surface area (Å²) < 4.78 is 2.75. The SMILES string of the molecule is Cc1ccc(-n2c(C)cc(/C=C3\SC(=S)NC3=O)c2C)c(C)c1. The van der Waals surface area contributed by atoms with Gasteiger partial charge in [0.05, 0.1) is 4.91 Å². The number of thioether (sulfide) groups is 1. The lowest BCUT2D eigenvalue weighted by atomic mass is 10.1. The van der Waals surface area contributed by atoms with E-state index in [2.05, 4.69) is 61.8 Å². The number of thiocarbonyl (C=S) groups is 1. The Morgan fingerprint density at radius 2 is 1.91 bits per heavy atom. The van der Waals surface area contributed by atoms with Crippen molar-refractivity contribution in [3.8, 4) is 5.69 Å². The minimum absolute atomic E-state index is 0.115. The van der Waals surface area contributed by atoms with Gasteiger partial charge in [0.2, 0.25) is 0 Å². The molecule has 3 rings (SSSR count). The highest BCUT2D eigenvalue weighted by atomic mass is 32.2. The zero-order valence-electron chi connectivity index (χ0n) is 13.6. The van der Waals surface area contributed by atoms with E-state index >= 15 is 0 Å². The van der Waals surface area contributed by atoms with E-state index in [0.717, 1.165) is 17.0 Å². The van der Waals surface area contributed by atoms with Gasteiger partial charge in [-0.3, -0.25) is 4.79 Å². The highest BCUT2D eigenvalue weighted by Gasteiger charge is 2.23.